The number of rotatable bonds is 4. The van der Waals surface area contributed by atoms with E-state index in [1.165, 1.54) is 11.6 Å². The molecular formula is C27H34ClN3O4. The predicted molar refractivity (Wildman–Crippen MR) is 135 cm³/mol. The summed E-state index contributed by atoms with van der Waals surface area (Å²) in [5.41, 5.74) is 6.71. The van der Waals surface area contributed by atoms with Crippen molar-refractivity contribution in [2.45, 2.75) is 64.1 Å². The lowest BCUT2D eigenvalue weighted by molar-refractivity contribution is -0.193. The number of carbonyl (C=O) groups is 1. The lowest BCUT2D eigenvalue weighted by atomic mass is 9.45. The zero-order valence-electron chi connectivity index (χ0n) is 20.2. The van der Waals surface area contributed by atoms with Crippen LogP contribution in [0.25, 0.3) is 11.9 Å². The number of fused-ring (bicyclic) bond motifs is 6. The van der Waals surface area contributed by atoms with Crippen molar-refractivity contribution in [2.24, 2.45) is 34.3 Å². The van der Waals surface area contributed by atoms with Crippen molar-refractivity contribution >= 4 is 29.5 Å². The molecule has 0 radical (unpaired) electrons. The van der Waals surface area contributed by atoms with E-state index in [2.05, 4.69) is 24.7 Å². The van der Waals surface area contributed by atoms with Gasteiger partial charge in [0.25, 0.3) is 0 Å². The number of aliphatic carboxylic acids is 1. The Labute approximate surface area is 210 Å². The second kappa shape index (κ2) is 8.08. The van der Waals surface area contributed by atoms with E-state index in [4.69, 9.17) is 17.3 Å². The van der Waals surface area contributed by atoms with Gasteiger partial charge in [0.15, 0.2) is 5.60 Å². The number of nitrogens with zero attached hydrogens (tertiary/aromatic N) is 2. The molecule has 1 aromatic heterocycles. The third kappa shape index (κ3) is 3.31. The maximum atomic E-state index is 12.1. The highest BCUT2D eigenvalue weighted by molar-refractivity contribution is 6.31. The van der Waals surface area contributed by atoms with Crippen LogP contribution in [0.1, 0.15) is 57.2 Å². The maximum absolute atomic E-state index is 12.1. The highest BCUT2D eigenvalue weighted by Crippen LogP contribution is 2.67. The molecule has 0 aliphatic heterocycles. The molecule has 1 heterocycles. The van der Waals surface area contributed by atoms with Gasteiger partial charge < -0.3 is 21.1 Å². The van der Waals surface area contributed by atoms with Gasteiger partial charge in [-0.2, -0.15) is 5.10 Å². The molecule has 0 bridgehead atoms. The molecule has 0 amide bonds. The number of aromatic nitrogens is 2. The number of halogens is 1. The summed E-state index contributed by atoms with van der Waals surface area (Å²) in [6.45, 7) is 7.74. The van der Waals surface area contributed by atoms with Crippen molar-refractivity contribution in [2.75, 3.05) is 0 Å². The number of allylic oxidation sites excluding steroid dienone is 5. The summed E-state index contributed by atoms with van der Waals surface area (Å²) in [4.78, 5) is 12.1. The van der Waals surface area contributed by atoms with Crippen molar-refractivity contribution in [3.63, 3.8) is 0 Å². The summed E-state index contributed by atoms with van der Waals surface area (Å²) in [6.07, 6.45) is 11.9. The molecule has 0 saturated heterocycles. The van der Waals surface area contributed by atoms with E-state index in [1.807, 2.05) is 13.1 Å². The summed E-state index contributed by atoms with van der Waals surface area (Å²) < 4.78 is 1.72. The van der Waals surface area contributed by atoms with Crippen LogP contribution in [0, 0.1) is 28.6 Å². The quantitative estimate of drug-likeness (QED) is 0.466. The average Bonchev–Trinajstić information content (AvgIpc) is 3.33. The van der Waals surface area contributed by atoms with Crippen LogP contribution in [-0.4, -0.2) is 42.8 Å². The summed E-state index contributed by atoms with van der Waals surface area (Å²) in [7, 11) is 0. The highest BCUT2D eigenvalue weighted by atomic mass is 35.5. The molecule has 35 heavy (non-hydrogen) atoms. The first-order valence-electron chi connectivity index (χ1n) is 12.3. The smallest absolute Gasteiger partial charge is 0.336 e. The van der Waals surface area contributed by atoms with Crippen molar-refractivity contribution in [3.05, 3.63) is 52.9 Å². The van der Waals surface area contributed by atoms with Crippen LogP contribution in [0.2, 0.25) is 0 Å². The zero-order valence-corrected chi connectivity index (χ0v) is 21.0. The lowest BCUT2D eigenvalue weighted by Crippen LogP contribution is -2.61. The predicted octanol–water partition coefficient (Wildman–Crippen LogP) is 3.92. The molecule has 5 rings (SSSR count). The van der Waals surface area contributed by atoms with E-state index in [9.17, 15) is 20.1 Å². The van der Waals surface area contributed by atoms with Crippen LogP contribution in [0.15, 0.2) is 41.6 Å². The minimum Gasteiger partial charge on any atom is -0.479 e. The van der Waals surface area contributed by atoms with E-state index in [0.717, 1.165) is 30.5 Å². The average molecular weight is 500 g/mol. The Kier molecular flexibility index (Phi) is 5.62. The van der Waals surface area contributed by atoms with Crippen LogP contribution < -0.4 is 5.73 Å². The number of hydrogen-bond acceptors (Lipinski definition) is 5. The SMILES string of the molecule is C=C/C(Cl)=C\C=C(/N)n1ncc2c1C=C1CCC3[C@H]([C@@H](O)CC4(C)[C@H]3CCC4(O)C(=O)O)C1(C)C2. The Bertz CT molecular complexity index is 1190. The van der Waals surface area contributed by atoms with Crippen molar-refractivity contribution in [3.8, 4) is 0 Å². The molecule has 0 spiro atoms. The molecular weight excluding hydrogens is 466 g/mol. The van der Waals surface area contributed by atoms with E-state index >= 15 is 0 Å². The van der Waals surface area contributed by atoms with Gasteiger partial charge in [-0.3, -0.25) is 0 Å². The summed E-state index contributed by atoms with van der Waals surface area (Å²) in [5, 5.41) is 37.5. The molecule has 4 aliphatic rings. The lowest BCUT2D eigenvalue weighted by Gasteiger charge is -2.60. The molecule has 7 nitrogen and oxygen atoms in total. The number of hydrogen-bond donors (Lipinski definition) is 4. The van der Waals surface area contributed by atoms with Crippen LogP contribution in [0.4, 0.5) is 0 Å². The van der Waals surface area contributed by atoms with Gasteiger partial charge in [-0.25, -0.2) is 9.48 Å². The Morgan fingerprint density at radius 1 is 1.34 bits per heavy atom. The molecule has 0 aromatic carbocycles. The monoisotopic (exact) mass is 499 g/mol. The van der Waals surface area contributed by atoms with E-state index in [-0.39, 0.29) is 29.6 Å². The van der Waals surface area contributed by atoms with Gasteiger partial charge in [0.1, 0.15) is 5.82 Å². The molecule has 188 valence electrons. The fraction of sp³-hybridized carbons (Fsp3) is 0.556. The molecule has 4 unspecified atom stereocenters. The largest absolute Gasteiger partial charge is 0.479 e. The molecule has 7 atom stereocenters. The number of aliphatic hydroxyl groups excluding tert-OH is 1. The third-order valence-corrected chi connectivity index (χ3v) is 10.1. The van der Waals surface area contributed by atoms with Gasteiger partial charge in [-0.1, -0.05) is 43.7 Å². The van der Waals surface area contributed by atoms with Crippen molar-refractivity contribution < 1.29 is 20.1 Å². The molecule has 3 fully saturated rings. The Balaban J connectivity index is 1.50. The molecule has 8 heteroatoms. The Morgan fingerprint density at radius 3 is 2.77 bits per heavy atom. The molecule has 3 saturated carbocycles. The summed E-state index contributed by atoms with van der Waals surface area (Å²) >= 11 is 6.01. The standard InChI is InChI=1S/C27H34ClN3O4/c1-4-17(28)6-8-22(29)31-20-11-16-5-7-18-19-9-10-27(35,24(33)34)26(19,3)13-21(32)23(18)25(16,2)12-15(20)14-30-31/h4,6,8,11,14,18-19,21,23,32,35H,1,5,7,9-10,12-13,29H2,2-3H3,(H,33,34)/b17-6+,22-8+/t18?,19-,21-,23+,25?,26?,27?/m0/s1. The maximum Gasteiger partial charge on any atom is 0.336 e. The molecule has 1 aromatic rings. The summed E-state index contributed by atoms with van der Waals surface area (Å²) in [5.74, 6) is -0.491. The number of carboxylic acid groups (broad SMARTS) is 1. The van der Waals surface area contributed by atoms with Crippen molar-refractivity contribution in [1.29, 1.82) is 0 Å². The minimum absolute atomic E-state index is 0.00422. The van der Waals surface area contributed by atoms with Gasteiger partial charge >= 0.3 is 5.97 Å². The second-order valence-corrected chi connectivity index (χ2v) is 11.7. The fourth-order valence-corrected chi connectivity index (χ4v) is 8.11. The van der Waals surface area contributed by atoms with Crippen molar-refractivity contribution in [1.82, 2.24) is 9.78 Å². The zero-order chi connectivity index (χ0) is 25.3. The minimum atomic E-state index is -1.78. The van der Waals surface area contributed by atoms with Crippen LogP contribution in [0.3, 0.4) is 0 Å². The van der Waals surface area contributed by atoms with E-state index < -0.39 is 23.1 Å². The first kappa shape index (κ1) is 24.3. The van der Waals surface area contributed by atoms with Crippen LogP contribution in [0.5, 0.6) is 0 Å². The summed E-state index contributed by atoms with van der Waals surface area (Å²) in [6, 6.07) is 0. The third-order valence-electron chi connectivity index (χ3n) is 9.78. The molecule has 5 N–H and O–H groups in total. The second-order valence-electron chi connectivity index (χ2n) is 11.3. The number of aliphatic hydroxyl groups is 2. The number of nitrogens with two attached hydrogens (primary N) is 1. The number of carboxylic acids is 1. The highest BCUT2D eigenvalue weighted by Gasteiger charge is 2.68. The Hall–Kier alpha value is -2.35. The first-order valence-corrected chi connectivity index (χ1v) is 12.7. The fourth-order valence-electron chi connectivity index (χ4n) is 8.05. The van der Waals surface area contributed by atoms with Gasteiger partial charge in [0.05, 0.1) is 18.0 Å². The van der Waals surface area contributed by atoms with Crippen LogP contribution in [-0.2, 0) is 11.2 Å². The molecule has 4 aliphatic carbocycles. The van der Waals surface area contributed by atoms with Gasteiger partial charge in [-0.15, -0.1) is 0 Å². The Morgan fingerprint density at radius 2 is 2.09 bits per heavy atom. The first-order chi connectivity index (χ1) is 16.5. The van der Waals surface area contributed by atoms with Gasteiger partial charge in [0, 0.05) is 10.4 Å². The van der Waals surface area contributed by atoms with E-state index in [1.54, 1.807) is 16.8 Å². The van der Waals surface area contributed by atoms with Gasteiger partial charge in [-0.05, 0) is 85.5 Å². The normalized spacial score (nSPS) is 40.8. The van der Waals surface area contributed by atoms with Gasteiger partial charge in [0.2, 0.25) is 0 Å². The van der Waals surface area contributed by atoms with E-state index in [0.29, 0.717) is 23.7 Å². The topological polar surface area (TPSA) is 122 Å². The van der Waals surface area contributed by atoms with Crippen LogP contribution >= 0.6 is 11.6 Å².